The molecule has 0 bridgehead atoms. The lowest BCUT2D eigenvalue weighted by molar-refractivity contribution is -0.0383. The molecule has 0 amide bonds. The van der Waals surface area contributed by atoms with Crippen molar-refractivity contribution in [2.24, 2.45) is 0 Å². The molecule has 0 unspecified atom stereocenters. The van der Waals surface area contributed by atoms with Crippen molar-refractivity contribution in [1.29, 1.82) is 0 Å². The van der Waals surface area contributed by atoms with Gasteiger partial charge >= 0.3 is 0 Å². The fourth-order valence-electron chi connectivity index (χ4n) is 3.56. The summed E-state index contributed by atoms with van der Waals surface area (Å²) in [6, 6.07) is 0. The molecule has 2 aromatic rings. The average molecular weight is 536 g/mol. The third-order valence-corrected chi connectivity index (χ3v) is 16.9. The maximum atomic E-state index is 6.89. The fraction of sp³-hybridized carbons (Fsp3) is 0.720. The van der Waals surface area contributed by atoms with Crippen LogP contribution in [0.3, 0.4) is 0 Å². The van der Waals surface area contributed by atoms with Gasteiger partial charge in [0.1, 0.15) is 18.9 Å². The van der Waals surface area contributed by atoms with E-state index in [-0.39, 0.29) is 34.5 Å². The number of anilines is 1. The minimum absolute atomic E-state index is 0.0801. The molecule has 0 saturated carbocycles. The van der Waals surface area contributed by atoms with Crippen molar-refractivity contribution in [3.63, 3.8) is 0 Å². The number of aromatic nitrogens is 4. The second-order valence-electron chi connectivity index (χ2n) is 12.7. The van der Waals surface area contributed by atoms with Crippen molar-refractivity contribution < 1.29 is 18.3 Å². The number of hydrogen-bond acceptors (Lipinski definition) is 8. The molecule has 3 atom stereocenters. The van der Waals surface area contributed by atoms with E-state index in [0.717, 1.165) is 0 Å². The lowest BCUT2D eigenvalue weighted by Gasteiger charge is -2.40. The van der Waals surface area contributed by atoms with E-state index in [0.29, 0.717) is 36.7 Å². The van der Waals surface area contributed by atoms with Gasteiger partial charge in [-0.15, -0.1) is 0 Å². The summed E-state index contributed by atoms with van der Waals surface area (Å²) >= 11 is 0. The normalized spacial score (nSPS) is 21.8. The van der Waals surface area contributed by atoms with Gasteiger partial charge in [0, 0.05) is 6.42 Å². The Balaban J connectivity index is 1.92. The van der Waals surface area contributed by atoms with Crippen LogP contribution in [-0.4, -0.2) is 61.6 Å². The van der Waals surface area contributed by atoms with Crippen LogP contribution in [0.2, 0.25) is 36.3 Å². The van der Waals surface area contributed by atoms with Crippen LogP contribution in [0.4, 0.5) is 5.95 Å². The van der Waals surface area contributed by atoms with Gasteiger partial charge in [0.15, 0.2) is 27.8 Å². The maximum absolute atomic E-state index is 6.89. The van der Waals surface area contributed by atoms with Gasteiger partial charge in [0.2, 0.25) is 11.8 Å². The molecular formula is C25H45N5O4Si2. The zero-order valence-electron chi connectivity index (χ0n) is 23.7. The predicted molar refractivity (Wildman–Crippen MR) is 149 cm³/mol. The number of fused-ring (bicyclic) bond motifs is 1. The number of nitrogens with two attached hydrogens (primary N) is 1. The van der Waals surface area contributed by atoms with E-state index in [1.54, 1.807) is 12.4 Å². The third kappa shape index (κ3) is 6.01. The zero-order valence-corrected chi connectivity index (χ0v) is 25.7. The Bertz CT molecular complexity index is 1070. The zero-order chi connectivity index (χ0) is 27.1. The van der Waals surface area contributed by atoms with E-state index in [1.807, 2.05) is 4.57 Å². The van der Waals surface area contributed by atoms with Crippen LogP contribution in [0.5, 0.6) is 5.88 Å². The van der Waals surface area contributed by atoms with Gasteiger partial charge in [-0.3, -0.25) is 4.57 Å². The summed E-state index contributed by atoms with van der Waals surface area (Å²) < 4.78 is 27.7. The van der Waals surface area contributed by atoms with Crippen LogP contribution < -0.4 is 10.5 Å². The van der Waals surface area contributed by atoms with Crippen LogP contribution >= 0.6 is 0 Å². The first-order chi connectivity index (χ1) is 16.5. The van der Waals surface area contributed by atoms with Crippen molar-refractivity contribution in [3.05, 3.63) is 19.0 Å². The summed E-state index contributed by atoms with van der Waals surface area (Å²) in [5.41, 5.74) is 7.11. The Morgan fingerprint density at radius 3 is 2.33 bits per heavy atom. The Morgan fingerprint density at radius 2 is 1.75 bits per heavy atom. The Morgan fingerprint density at radius 1 is 1.11 bits per heavy atom. The number of nitrogens with zero attached hydrogens (tertiary/aromatic N) is 4. The lowest BCUT2D eigenvalue weighted by Crippen LogP contribution is -2.48. The smallest absolute Gasteiger partial charge is 0.247 e. The number of ether oxygens (including phenoxy) is 2. The first-order valence-electron chi connectivity index (χ1n) is 12.7. The van der Waals surface area contributed by atoms with Gasteiger partial charge in [-0.1, -0.05) is 54.2 Å². The molecule has 36 heavy (non-hydrogen) atoms. The van der Waals surface area contributed by atoms with Crippen LogP contribution in [0.1, 0.15) is 54.2 Å². The third-order valence-electron chi connectivity index (χ3n) is 7.90. The summed E-state index contributed by atoms with van der Waals surface area (Å²) in [4.78, 5) is 13.2. The summed E-state index contributed by atoms with van der Waals surface area (Å²) in [6.07, 6.45) is 3.40. The standard InChI is InChI=1S/C25H45N5O4Si2/c1-12-13-31-22-20-21(28-23(26)29-22)30(16-27-20)19-14-17(34-36(10,11)25(5,6)7)18(33-19)15-32-35(8,9)24(2,3)4/h12,16-19H,1,13-15H2,2-11H3,(H2,26,28,29)/t17-,18+,19+/m0/s1. The number of nitrogen functional groups attached to an aromatic ring is 1. The number of imidazole rings is 1. The van der Waals surface area contributed by atoms with Gasteiger partial charge in [-0.25, -0.2) is 4.98 Å². The molecule has 1 aliphatic rings. The predicted octanol–water partition coefficient (Wildman–Crippen LogP) is 5.67. The molecule has 11 heteroatoms. The highest BCUT2D eigenvalue weighted by atomic mass is 28.4. The molecule has 0 aromatic carbocycles. The van der Waals surface area contributed by atoms with Gasteiger partial charge in [0.05, 0.1) is 19.0 Å². The molecule has 9 nitrogen and oxygen atoms in total. The second-order valence-corrected chi connectivity index (χ2v) is 22.2. The summed E-state index contributed by atoms with van der Waals surface area (Å²) in [7, 11) is -4.01. The number of hydrogen-bond donors (Lipinski definition) is 1. The molecule has 3 heterocycles. The lowest BCUT2D eigenvalue weighted by atomic mass is 10.2. The highest BCUT2D eigenvalue weighted by molar-refractivity contribution is 6.74. The largest absolute Gasteiger partial charge is 0.472 e. The van der Waals surface area contributed by atoms with Crippen molar-refractivity contribution >= 4 is 33.7 Å². The topological polar surface area (TPSA) is 107 Å². The molecule has 1 saturated heterocycles. The van der Waals surface area contributed by atoms with Crippen molar-refractivity contribution in [2.75, 3.05) is 18.9 Å². The molecule has 0 radical (unpaired) electrons. The summed E-state index contributed by atoms with van der Waals surface area (Å²) in [6.45, 7) is 27.0. The minimum atomic E-state index is -2.05. The first-order valence-corrected chi connectivity index (χ1v) is 18.5. The molecular weight excluding hydrogens is 490 g/mol. The van der Waals surface area contributed by atoms with Gasteiger partial charge in [-0.05, 0) is 36.3 Å². The van der Waals surface area contributed by atoms with Crippen LogP contribution in [-0.2, 0) is 13.6 Å². The van der Waals surface area contributed by atoms with Crippen molar-refractivity contribution in [1.82, 2.24) is 19.5 Å². The van der Waals surface area contributed by atoms with E-state index < -0.39 is 16.6 Å². The van der Waals surface area contributed by atoms with Crippen LogP contribution in [0.25, 0.3) is 11.2 Å². The molecule has 1 aliphatic heterocycles. The second kappa shape index (κ2) is 10.2. The van der Waals surface area contributed by atoms with Gasteiger partial charge in [0.25, 0.3) is 0 Å². The highest BCUT2D eigenvalue weighted by Crippen LogP contribution is 2.43. The molecule has 2 aromatic heterocycles. The molecule has 2 N–H and O–H groups in total. The highest BCUT2D eigenvalue weighted by Gasteiger charge is 2.47. The van der Waals surface area contributed by atoms with Gasteiger partial charge < -0.3 is 24.1 Å². The number of rotatable bonds is 9. The molecule has 3 rings (SSSR count). The summed E-state index contributed by atoms with van der Waals surface area (Å²) in [5, 5.41) is 0.189. The Hall–Kier alpha value is -1.80. The van der Waals surface area contributed by atoms with Crippen molar-refractivity contribution in [3.8, 4) is 5.88 Å². The van der Waals surface area contributed by atoms with Crippen LogP contribution in [0, 0.1) is 0 Å². The minimum Gasteiger partial charge on any atom is -0.472 e. The fourth-order valence-corrected chi connectivity index (χ4v) is 5.94. The van der Waals surface area contributed by atoms with E-state index >= 15 is 0 Å². The monoisotopic (exact) mass is 535 g/mol. The van der Waals surface area contributed by atoms with E-state index in [4.69, 9.17) is 24.1 Å². The molecule has 0 spiro atoms. The summed E-state index contributed by atoms with van der Waals surface area (Å²) in [5.74, 6) is 0.453. The van der Waals surface area contributed by atoms with E-state index in [9.17, 15) is 0 Å². The molecule has 0 aliphatic carbocycles. The average Bonchev–Trinajstić information content (AvgIpc) is 3.32. The van der Waals surface area contributed by atoms with E-state index in [2.05, 4.69) is 89.3 Å². The Labute approximate surface area is 218 Å². The maximum Gasteiger partial charge on any atom is 0.247 e. The molecule has 1 fully saturated rings. The van der Waals surface area contributed by atoms with E-state index in [1.165, 1.54) is 0 Å². The quantitative estimate of drug-likeness (QED) is 0.323. The SMILES string of the molecule is C=CCOc1nc(N)nc2c1ncn2[C@H]1C[C@H](O[Si](C)(C)C(C)(C)C)[C@@H](CO[Si](C)(C)C(C)(C)C)O1. The van der Waals surface area contributed by atoms with Gasteiger partial charge in [-0.2, -0.15) is 9.97 Å². The molecule has 202 valence electrons. The van der Waals surface area contributed by atoms with Crippen LogP contribution in [0.15, 0.2) is 19.0 Å². The van der Waals surface area contributed by atoms with Crippen molar-refractivity contribution in [2.45, 2.75) is 103 Å². The Kier molecular flexibility index (Phi) is 8.12. The first kappa shape index (κ1) is 28.8.